The molecule has 1 fully saturated rings. The smallest absolute Gasteiger partial charge is 0.255 e. The lowest BCUT2D eigenvalue weighted by molar-refractivity contribution is 0.0162. The average molecular weight is 432 g/mol. The summed E-state index contributed by atoms with van der Waals surface area (Å²) < 4.78 is 19.7. The Morgan fingerprint density at radius 3 is 2.80 bits per heavy atom. The van der Waals surface area contributed by atoms with Gasteiger partial charge in [-0.1, -0.05) is 29.8 Å². The first kappa shape index (κ1) is 21.1. The summed E-state index contributed by atoms with van der Waals surface area (Å²) in [5.74, 6) is -1.10. The molecule has 1 amide bonds. The number of hydrogen-bond acceptors (Lipinski definition) is 4. The van der Waals surface area contributed by atoms with Gasteiger partial charge in [-0.2, -0.15) is 0 Å². The fourth-order valence-electron chi connectivity index (χ4n) is 4.35. The zero-order chi connectivity index (χ0) is 21.1. The van der Waals surface area contributed by atoms with E-state index >= 15 is 0 Å². The first-order valence-electron chi connectivity index (χ1n) is 10.4. The topological polar surface area (TPSA) is 44.8 Å². The van der Waals surface area contributed by atoms with Crippen molar-refractivity contribution in [3.8, 4) is 0 Å². The molecule has 0 bridgehead atoms. The van der Waals surface area contributed by atoms with Gasteiger partial charge < -0.3 is 15.0 Å². The third-order valence-electron chi connectivity index (χ3n) is 5.97. The van der Waals surface area contributed by atoms with Crippen LogP contribution in [0.3, 0.4) is 0 Å². The first-order chi connectivity index (χ1) is 14.5. The Bertz CT molecular complexity index is 897. The fourth-order valence-corrected chi connectivity index (χ4v) is 4.60. The number of ether oxygens (including phenoxy) is 1. The zero-order valence-corrected chi connectivity index (χ0v) is 17.9. The highest BCUT2D eigenvalue weighted by atomic mass is 35.5. The van der Waals surface area contributed by atoms with Crippen molar-refractivity contribution < 1.29 is 13.9 Å². The minimum absolute atomic E-state index is 0.0130. The largest absolute Gasteiger partial charge is 0.379 e. The molecule has 1 saturated heterocycles. The van der Waals surface area contributed by atoms with Gasteiger partial charge in [-0.05, 0) is 42.2 Å². The molecule has 2 aliphatic rings. The summed E-state index contributed by atoms with van der Waals surface area (Å²) in [7, 11) is 2.12. The Morgan fingerprint density at radius 1 is 1.23 bits per heavy atom. The first-order valence-corrected chi connectivity index (χ1v) is 10.8. The molecule has 0 saturated carbocycles. The fraction of sp³-hybridized carbons (Fsp3) is 0.435. The number of nitrogens with one attached hydrogen (secondary N) is 1. The monoisotopic (exact) mass is 431 g/mol. The van der Waals surface area contributed by atoms with E-state index in [0.29, 0.717) is 19.8 Å². The van der Waals surface area contributed by atoms with E-state index in [1.54, 1.807) is 0 Å². The Kier molecular flexibility index (Phi) is 6.56. The molecule has 5 nitrogen and oxygen atoms in total. The van der Waals surface area contributed by atoms with Gasteiger partial charge in [-0.15, -0.1) is 0 Å². The Balaban J connectivity index is 1.57. The number of anilines is 1. The molecule has 160 valence electrons. The maximum absolute atomic E-state index is 14.2. The second-order valence-electron chi connectivity index (χ2n) is 7.88. The van der Waals surface area contributed by atoms with Gasteiger partial charge in [0, 0.05) is 38.9 Å². The van der Waals surface area contributed by atoms with Crippen molar-refractivity contribution in [3.05, 3.63) is 63.9 Å². The van der Waals surface area contributed by atoms with Crippen molar-refractivity contribution in [1.82, 2.24) is 10.2 Å². The highest BCUT2D eigenvalue weighted by molar-refractivity contribution is 6.33. The maximum Gasteiger partial charge on any atom is 0.255 e. The van der Waals surface area contributed by atoms with Gasteiger partial charge in [0.1, 0.15) is 5.82 Å². The van der Waals surface area contributed by atoms with Crippen LogP contribution in [0.25, 0.3) is 0 Å². The number of aryl methyl sites for hydroxylation is 1. The van der Waals surface area contributed by atoms with E-state index in [-0.39, 0.29) is 16.6 Å². The van der Waals surface area contributed by atoms with E-state index in [1.807, 2.05) is 0 Å². The van der Waals surface area contributed by atoms with Crippen LogP contribution < -0.4 is 10.2 Å². The molecule has 7 heteroatoms. The van der Waals surface area contributed by atoms with Crippen molar-refractivity contribution in [2.24, 2.45) is 0 Å². The highest BCUT2D eigenvalue weighted by Gasteiger charge is 2.26. The van der Waals surface area contributed by atoms with E-state index in [9.17, 15) is 9.18 Å². The Labute approximate surface area is 181 Å². The summed E-state index contributed by atoms with van der Waals surface area (Å²) in [6, 6.07) is 10.8. The van der Waals surface area contributed by atoms with Crippen molar-refractivity contribution in [3.63, 3.8) is 0 Å². The van der Waals surface area contributed by atoms with Crippen molar-refractivity contribution >= 4 is 23.2 Å². The van der Waals surface area contributed by atoms with Crippen molar-refractivity contribution in [2.75, 3.05) is 51.3 Å². The predicted molar refractivity (Wildman–Crippen MR) is 117 cm³/mol. The Morgan fingerprint density at radius 2 is 2.03 bits per heavy atom. The normalized spacial score (nSPS) is 18.0. The number of amides is 1. The standard InChI is InChI=1S/C23H27ClFN3O2/c1-27-9-3-4-16-14-17(7-8-20(16)27)21(28-10-12-30-13-11-28)15-26-23(29)22-18(24)5-2-6-19(22)25/h2,5-8,14,21H,3-4,9-13,15H2,1H3,(H,26,29). The van der Waals surface area contributed by atoms with E-state index in [4.69, 9.17) is 16.3 Å². The molecule has 0 radical (unpaired) electrons. The van der Waals surface area contributed by atoms with Crippen LogP contribution in [-0.4, -0.2) is 57.2 Å². The van der Waals surface area contributed by atoms with Crippen LogP contribution in [0.2, 0.25) is 5.02 Å². The van der Waals surface area contributed by atoms with Crippen molar-refractivity contribution in [1.29, 1.82) is 0 Å². The van der Waals surface area contributed by atoms with E-state index in [0.717, 1.165) is 38.0 Å². The molecule has 4 rings (SSSR count). The maximum atomic E-state index is 14.2. The number of morpholine rings is 1. The van der Waals surface area contributed by atoms with Gasteiger partial charge in [0.25, 0.3) is 5.91 Å². The highest BCUT2D eigenvalue weighted by Crippen LogP contribution is 2.31. The molecule has 2 aromatic rings. The molecular weight excluding hydrogens is 405 g/mol. The minimum Gasteiger partial charge on any atom is -0.379 e. The lowest BCUT2D eigenvalue weighted by Crippen LogP contribution is -2.44. The molecule has 0 spiro atoms. The van der Waals surface area contributed by atoms with Crippen LogP contribution in [-0.2, 0) is 11.2 Å². The predicted octanol–water partition coefficient (Wildman–Crippen LogP) is 3.66. The molecule has 0 aliphatic carbocycles. The molecule has 2 aliphatic heterocycles. The van der Waals surface area contributed by atoms with Gasteiger partial charge in [-0.3, -0.25) is 9.69 Å². The molecule has 1 unspecified atom stereocenters. The second-order valence-corrected chi connectivity index (χ2v) is 8.29. The lowest BCUT2D eigenvalue weighted by Gasteiger charge is -2.36. The molecule has 0 aromatic heterocycles. The molecule has 1 N–H and O–H groups in total. The zero-order valence-electron chi connectivity index (χ0n) is 17.2. The van der Waals surface area contributed by atoms with Crippen molar-refractivity contribution in [2.45, 2.75) is 18.9 Å². The number of halogens is 2. The van der Waals surface area contributed by atoms with Crippen LogP contribution in [0.1, 0.15) is 33.9 Å². The number of benzene rings is 2. The number of carbonyl (C=O) groups is 1. The van der Waals surface area contributed by atoms with Gasteiger partial charge in [-0.25, -0.2) is 4.39 Å². The average Bonchev–Trinajstić information content (AvgIpc) is 2.75. The number of carbonyl (C=O) groups excluding carboxylic acids is 1. The van der Waals surface area contributed by atoms with Crippen LogP contribution in [0.15, 0.2) is 36.4 Å². The van der Waals surface area contributed by atoms with E-state index in [1.165, 1.54) is 29.4 Å². The number of rotatable bonds is 5. The van der Waals surface area contributed by atoms with Crippen LogP contribution in [0.4, 0.5) is 10.1 Å². The third-order valence-corrected chi connectivity index (χ3v) is 6.29. The summed E-state index contributed by atoms with van der Waals surface area (Å²) >= 11 is 6.07. The molecular formula is C23H27ClFN3O2. The van der Waals surface area contributed by atoms with Crippen LogP contribution >= 0.6 is 11.6 Å². The minimum atomic E-state index is -0.611. The van der Waals surface area contributed by atoms with Crippen LogP contribution in [0, 0.1) is 5.82 Å². The summed E-state index contributed by atoms with van der Waals surface area (Å²) in [4.78, 5) is 17.3. The second kappa shape index (κ2) is 9.33. The van der Waals surface area contributed by atoms with Gasteiger partial charge in [0.2, 0.25) is 0 Å². The summed E-state index contributed by atoms with van der Waals surface area (Å²) in [5.41, 5.74) is 3.66. The van der Waals surface area contributed by atoms with E-state index < -0.39 is 11.7 Å². The van der Waals surface area contributed by atoms with Gasteiger partial charge in [0.05, 0.1) is 29.8 Å². The number of nitrogens with zero attached hydrogens (tertiary/aromatic N) is 2. The summed E-state index contributed by atoms with van der Waals surface area (Å²) in [5, 5.41) is 3.03. The third kappa shape index (κ3) is 4.46. The quantitative estimate of drug-likeness (QED) is 0.784. The Hall–Kier alpha value is -2.15. The lowest BCUT2D eigenvalue weighted by atomic mass is 9.95. The van der Waals surface area contributed by atoms with E-state index in [2.05, 4.69) is 40.4 Å². The molecule has 30 heavy (non-hydrogen) atoms. The van der Waals surface area contributed by atoms with Crippen LogP contribution in [0.5, 0.6) is 0 Å². The number of hydrogen-bond donors (Lipinski definition) is 1. The SMILES string of the molecule is CN1CCCc2cc(C(CNC(=O)c3c(F)cccc3Cl)N3CCOCC3)ccc21. The van der Waals surface area contributed by atoms with Gasteiger partial charge in [0.15, 0.2) is 0 Å². The summed E-state index contributed by atoms with van der Waals surface area (Å²) in [6.45, 7) is 4.35. The number of fused-ring (bicyclic) bond motifs is 1. The summed E-state index contributed by atoms with van der Waals surface area (Å²) in [6.07, 6.45) is 2.19. The molecule has 1 atom stereocenters. The molecule has 2 aromatic carbocycles. The molecule has 2 heterocycles. The van der Waals surface area contributed by atoms with Gasteiger partial charge >= 0.3 is 0 Å².